The molecule has 1 aliphatic rings. The van der Waals surface area contributed by atoms with E-state index in [-0.39, 0.29) is 12.0 Å². The average molecular weight is 331 g/mol. The Balaban J connectivity index is 1.99. The van der Waals surface area contributed by atoms with Crippen molar-refractivity contribution in [3.8, 4) is 0 Å². The lowest BCUT2D eigenvalue weighted by Gasteiger charge is -2.37. The van der Waals surface area contributed by atoms with Gasteiger partial charge < -0.3 is 5.11 Å². The zero-order valence-electron chi connectivity index (χ0n) is 12.7. The van der Waals surface area contributed by atoms with Crippen molar-refractivity contribution in [2.75, 3.05) is 13.1 Å². The molecule has 3 rings (SSSR count). The first-order valence-corrected chi connectivity index (χ1v) is 8.16. The van der Waals surface area contributed by atoms with E-state index in [2.05, 4.69) is 9.88 Å². The third-order valence-corrected chi connectivity index (χ3v) is 4.71. The van der Waals surface area contributed by atoms with Crippen molar-refractivity contribution in [1.82, 2.24) is 9.88 Å². The summed E-state index contributed by atoms with van der Waals surface area (Å²) in [4.78, 5) is 17.8. The van der Waals surface area contributed by atoms with Crippen LogP contribution < -0.4 is 0 Å². The molecule has 1 N–H and O–H groups in total. The van der Waals surface area contributed by atoms with Crippen LogP contribution in [-0.2, 0) is 4.79 Å². The summed E-state index contributed by atoms with van der Waals surface area (Å²) in [6, 6.07) is 11.6. The number of rotatable bonds is 4. The molecule has 1 aliphatic heterocycles. The van der Waals surface area contributed by atoms with E-state index in [1.54, 1.807) is 6.20 Å². The predicted molar refractivity (Wildman–Crippen MR) is 89.5 cm³/mol. The zero-order valence-corrected chi connectivity index (χ0v) is 13.5. The van der Waals surface area contributed by atoms with Crippen LogP contribution in [0.2, 0.25) is 5.02 Å². The van der Waals surface area contributed by atoms with Gasteiger partial charge in [0, 0.05) is 24.0 Å². The van der Waals surface area contributed by atoms with Gasteiger partial charge in [-0.1, -0.05) is 35.9 Å². The summed E-state index contributed by atoms with van der Waals surface area (Å²) < 4.78 is 0. The Morgan fingerprint density at radius 2 is 2.13 bits per heavy atom. The fraction of sp³-hybridized carbons (Fsp3) is 0.333. The minimum absolute atomic E-state index is 0.0699. The van der Waals surface area contributed by atoms with Gasteiger partial charge in [-0.25, -0.2) is 0 Å². The summed E-state index contributed by atoms with van der Waals surface area (Å²) in [6.07, 6.45) is 5.17. The smallest absolute Gasteiger partial charge is 0.307 e. The number of piperidine rings is 1. The highest BCUT2D eigenvalue weighted by atomic mass is 35.5. The summed E-state index contributed by atoms with van der Waals surface area (Å²) in [5.41, 5.74) is 2.03. The number of carboxylic acids is 1. The Hall–Kier alpha value is -1.91. The topological polar surface area (TPSA) is 53.4 Å². The van der Waals surface area contributed by atoms with E-state index in [0.717, 1.165) is 30.5 Å². The van der Waals surface area contributed by atoms with Crippen molar-refractivity contribution in [1.29, 1.82) is 0 Å². The van der Waals surface area contributed by atoms with Gasteiger partial charge in [-0.2, -0.15) is 0 Å². The largest absolute Gasteiger partial charge is 0.481 e. The summed E-state index contributed by atoms with van der Waals surface area (Å²) in [6.45, 7) is 1.38. The van der Waals surface area contributed by atoms with E-state index in [1.165, 1.54) is 0 Å². The van der Waals surface area contributed by atoms with Crippen molar-refractivity contribution in [2.24, 2.45) is 5.92 Å². The van der Waals surface area contributed by atoms with Crippen molar-refractivity contribution >= 4 is 17.6 Å². The maximum atomic E-state index is 11.4. The molecular weight excluding hydrogens is 312 g/mol. The number of likely N-dealkylation sites (tertiary alicyclic amines) is 1. The molecule has 0 saturated carbocycles. The van der Waals surface area contributed by atoms with Gasteiger partial charge in [0.05, 0.1) is 12.0 Å². The number of halogens is 1. The van der Waals surface area contributed by atoms with Crippen LogP contribution in [-0.4, -0.2) is 34.0 Å². The number of aromatic nitrogens is 1. The van der Waals surface area contributed by atoms with Crippen LogP contribution in [0.5, 0.6) is 0 Å². The van der Waals surface area contributed by atoms with Crippen molar-refractivity contribution in [2.45, 2.75) is 18.9 Å². The molecule has 1 aromatic heterocycles. The first-order valence-electron chi connectivity index (χ1n) is 7.78. The van der Waals surface area contributed by atoms with Gasteiger partial charge in [0.2, 0.25) is 0 Å². The predicted octanol–water partition coefficient (Wildman–Crippen LogP) is 3.62. The van der Waals surface area contributed by atoms with Crippen LogP contribution in [0.25, 0.3) is 0 Å². The lowest BCUT2D eigenvalue weighted by Crippen LogP contribution is -2.41. The molecule has 120 valence electrons. The number of pyridine rings is 1. The van der Waals surface area contributed by atoms with Gasteiger partial charge in [0.25, 0.3) is 0 Å². The molecule has 0 radical (unpaired) electrons. The Morgan fingerprint density at radius 3 is 2.83 bits per heavy atom. The number of benzene rings is 1. The summed E-state index contributed by atoms with van der Waals surface area (Å²) in [5.74, 6) is -1.05. The first-order chi connectivity index (χ1) is 11.2. The van der Waals surface area contributed by atoms with Gasteiger partial charge in [-0.05, 0) is 42.6 Å². The third-order valence-electron chi connectivity index (χ3n) is 4.37. The summed E-state index contributed by atoms with van der Waals surface area (Å²) in [5, 5.41) is 10.1. The highest BCUT2D eigenvalue weighted by Crippen LogP contribution is 2.35. The number of hydrogen-bond donors (Lipinski definition) is 1. The number of carboxylic acid groups (broad SMARTS) is 1. The lowest BCUT2D eigenvalue weighted by atomic mass is 9.92. The maximum absolute atomic E-state index is 11.4. The van der Waals surface area contributed by atoms with Crippen LogP contribution in [0.3, 0.4) is 0 Å². The van der Waals surface area contributed by atoms with Gasteiger partial charge in [0.15, 0.2) is 0 Å². The minimum atomic E-state index is -0.723. The molecule has 0 bridgehead atoms. The molecule has 0 amide bonds. The fourth-order valence-electron chi connectivity index (χ4n) is 3.26. The molecule has 2 aromatic rings. The molecule has 1 aromatic carbocycles. The Morgan fingerprint density at radius 1 is 1.30 bits per heavy atom. The Labute approximate surface area is 140 Å². The Bertz CT molecular complexity index is 678. The third kappa shape index (κ3) is 3.54. The average Bonchev–Trinajstić information content (AvgIpc) is 2.58. The molecule has 1 fully saturated rings. The lowest BCUT2D eigenvalue weighted by molar-refractivity contribution is -0.143. The van der Waals surface area contributed by atoms with E-state index < -0.39 is 5.97 Å². The van der Waals surface area contributed by atoms with Crippen molar-refractivity contribution in [3.63, 3.8) is 0 Å². The molecule has 2 atom stereocenters. The molecule has 2 unspecified atom stereocenters. The second-order valence-corrected chi connectivity index (χ2v) is 6.29. The van der Waals surface area contributed by atoms with Crippen LogP contribution in [0, 0.1) is 5.92 Å². The molecule has 23 heavy (non-hydrogen) atoms. The van der Waals surface area contributed by atoms with Crippen LogP contribution in [0.1, 0.15) is 30.0 Å². The molecule has 1 saturated heterocycles. The van der Waals surface area contributed by atoms with Crippen LogP contribution in [0.4, 0.5) is 0 Å². The molecule has 4 nitrogen and oxygen atoms in total. The van der Waals surface area contributed by atoms with E-state index in [9.17, 15) is 9.90 Å². The molecule has 5 heteroatoms. The zero-order chi connectivity index (χ0) is 16.2. The Kier molecular flexibility index (Phi) is 4.94. The quantitative estimate of drug-likeness (QED) is 0.930. The van der Waals surface area contributed by atoms with Crippen LogP contribution >= 0.6 is 11.6 Å². The van der Waals surface area contributed by atoms with E-state index in [1.807, 2.05) is 42.6 Å². The van der Waals surface area contributed by atoms with E-state index >= 15 is 0 Å². The van der Waals surface area contributed by atoms with E-state index in [4.69, 9.17) is 11.6 Å². The van der Waals surface area contributed by atoms with E-state index in [0.29, 0.717) is 11.6 Å². The first kappa shape index (κ1) is 16.0. The molecule has 0 aliphatic carbocycles. The van der Waals surface area contributed by atoms with Gasteiger partial charge in [0.1, 0.15) is 0 Å². The van der Waals surface area contributed by atoms with Crippen LogP contribution in [0.15, 0.2) is 48.8 Å². The maximum Gasteiger partial charge on any atom is 0.307 e. The SMILES string of the molecule is O=C(O)C1CCCN(C(c2cccnc2)c2ccccc2Cl)C1. The molecule has 2 heterocycles. The number of nitrogens with zero attached hydrogens (tertiary/aromatic N) is 2. The number of aliphatic carboxylic acids is 1. The monoisotopic (exact) mass is 330 g/mol. The van der Waals surface area contributed by atoms with Crippen molar-refractivity contribution in [3.05, 3.63) is 64.9 Å². The molecule has 0 spiro atoms. The van der Waals surface area contributed by atoms with Crippen molar-refractivity contribution < 1.29 is 9.90 Å². The second kappa shape index (κ2) is 7.11. The normalized spacial score (nSPS) is 20.1. The second-order valence-electron chi connectivity index (χ2n) is 5.88. The van der Waals surface area contributed by atoms with Gasteiger partial charge in [-0.3, -0.25) is 14.7 Å². The van der Waals surface area contributed by atoms with Gasteiger partial charge in [-0.15, -0.1) is 0 Å². The fourth-order valence-corrected chi connectivity index (χ4v) is 3.50. The standard InChI is InChI=1S/C18H19ClN2O2/c19-16-8-2-1-7-15(16)17(13-5-3-9-20-11-13)21-10-4-6-14(12-21)18(22)23/h1-3,5,7-9,11,14,17H,4,6,10,12H2,(H,22,23). The molecular formula is C18H19ClN2O2. The summed E-state index contributed by atoms with van der Waals surface area (Å²) in [7, 11) is 0. The number of hydrogen-bond acceptors (Lipinski definition) is 3. The van der Waals surface area contributed by atoms with Gasteiger partial charge >= 0.3 is 5.97 Å². The highest BCUT2D eigenvalue weighted by molar-refractivity contribution is 6.31. The highest BCUT2D eigenvalue weighted by Gasteiger charge is 2.32. The number of carbonyl (C=O) groups is 1. The minimum Gasteiger partial charge on any atom is -0.481 e. The summed E-state index contributed by atoms with van der Waals surface area (Å²) >= 11 is 6.42.